The van der Waals surface area contributed by atoms with E-state index >= 15 is 0 Å². The van der Waals surface area contributed by atoms with E-state index in [4.69, 9.17) is 16.6 Å². The molecule has 1 N–H and O–H groups in total. The number of nitrogens with zero attached hydrogens (tertiary/aromatic N) is 3. The highest BCUT2D eigenvalue weighted by atomic mass is 16.3. The summed E-state index contributed by atoms with van der Waals surface area (Å²) in [5, 5.41) is 12.7. The lowest BCUT2D eigenvalue weighted by atomic mass is 9.83. The Morgan fingerprint density at radius 3 is 2.64 bits per heavy atom. The van der Waals surface area contributed by atoms with Crippen LogP contribution in [0.3, 0.4) is 0 Å². The average molecular weight is 163 g/mol. The van der Waals surface area contributed by atoms with Gasteiger partial charge in [-0.05, 0) is 18.4 Å². The normalized spacial score (nSPS) is 23.7. The van der Waals surface area contributed by atoms with Gasteiger partial charge in [0.1, 0.15) is 0 Å². The van der Waals surface area contributed by atoms with E-state index in [9.17, 15) is 0 Å². The van der Waals surface area contributed by atoms with Crippen molar-refractivity contribution in [3.05, 3.63) is 10.4 Å². The van der Waals surface area contributed by atoms with Crippen molar-refractivity contribution in [2.75, 3.05) is 6.61 Å². The predicted molar refractivity (Wildman–Crippen MR) is 46.3 cm³/mol. The van der Waals surface area contributed by atoms with Gasteiger partial charge in [0.05, 0.1) is 12.1 Å². The molecule has 4 nitrogen and oxygen atoms in total. The summed E-state index contributed by atoms with van der Waals surface area (Å²) in [6.45, 7) is -0.00292. The molecule has 0 heterocycles. The summed E-state index contributed by atoms with van der Waals surface area (Å²) < 4.78 is 20.0. The molecule has 66 valence electrons. The van der Waals surface area contributed by atoms with E-state index in [1.165, 1.54) is 6.42 Å². The van der Waals surface area contributed by atoms with Gasteiger partial charge in [0.15, 0.2) is 0 Å². The SMILES string of the molecule is [2H][2H].[2H][2H].[N-]=[N+]=NC1(CO)CCCCC1. The molecule has 0 spiro atoms. The third-order valence-electron chi connectivity index (χ3n) is 2.34. The zero-order valence-electron chi connectivity index (χ0n) is 10.5. The second kappa shape index (κ2) is 3.60. The van der Waals surface area contributed by atoms with Crippen LogP contribution < -0.4 is 0 Å². The zero-order valence-corrected chi connectivity index (χ0v) is 6.53. The Labute approximate surface area is 72.0 Å². The first-order chi connectivity index (χ1) is 7.33. The van der Waals surface area contributed by atoms with E-state index in [-0.39, 0.29) is 6.61 Å². The van der Waals surface area contributed by atoms with Gasteiger partial charge in [-0.3, -0.25) is 0 Å². The topological polar surface area (TPSA) is 69.0 Å². The molecule has 1 rings (SSSR count). The van der Waals surface area contributed by atoms with Crippen LogP contribution in [-0.2, 0) is 0 Å². The minimum atomic E-state index is -0.465. The lowest BCUT2D eigenvalue weighted by Gasteiger charge is -2.30. The van der Waals surface area contributed by atoms with Crippen molar-refractivity contribution in [3.8, 4) is 0 Å². The Morgan fingerprint density at radius 1 is 1.55 bits per heavy atom. The van der Waals surface area contributed by atoms with Gasteiger partial charge in [-0.15, -0.1) is 0 Å². The average Bonchev–Trinajstić information content (AvgIpc) is 2.36. The van der Waals surface area contributed by atoms with Crippen LogP contribution >= 0.6 is 0 Å². The maximum Gasteiger partial charge on any atom is 0.0718 e. The van der Waals surface area contributed by atoms with Crippen molar-refractivity contribution in [2.24, 2.45) is 5.11 Å². The molecule has 1 saturated carbocycles. The predicted octanol–water partition coefficient (Wildman–Crippen LogP) is 2.48. The second-order valence-electron chi connectivity index (χ2n) is 3.13. The van der Waals surface area contributed by atoms with E-state index in [0.717, 1.165) is 25.7 Å². The Hall–Kier alpha value is -0.730. The van der Waals surface area contributed by atoms with E-state index in [0.29, 0.717) is 0 Å². The van der Waals surface area contributed by atoms with Crippen LogP contribution in [0.1, 0.15) is 38.0 Å². The van der Waals surface area contributed by atoms with Gasteiger partial charge in [-0.2, -0.15) is 0 Å². The van der Waals surface area contributed by atoms with Crippen LogP contribution in [0.15, 0.2) is 5.11 Å². The lowest BCUT2D eigenvalue weighted by molar-refractivity contribution is 0.157. The molecule has 0 aromatic heterocycles. The summed E-state index contributed by atoms with van der Waals surface area (Å²) in [6.07, 6.45) is 5.02. The Bertz CT molecular complexity index is 181. The first kappa shape index (κ1) is 5.86. The summed E-state index contributed by atoms with van der Waals surface area (Å²) in [4.78, 5) is 2.77. The molecular formula is C7H17N3O. The summed E-state index contributed by atoms with van der Waals surface area (Å²) in [7, 11) is 0. The molecule has 0 aromatic rings. The molecule has 0 radical (unpaired) electrons. The standard InChI is InChI=1S/C7H13N3O.2H2/c8-10-9-7(6-11)4-2-1-3-5-7;;/h11H,1-6H2;2*1H/i;2*1+1D. The largest absolute Gasteiger partial charge is 0.396 e. The molecule has 0 aliphatic heterocycles. The molecule has 0 aromatic carbocycles. The Balaban J connectivity index is 0. The van der Waals surface area contributed by atoms with Crippen LogP contribution in [0.5, 0.6) is 0 Å². The van der Waals surface area contributed by atoms with Crippen molar-refractivity contribution in [1.82, 2.24) is 0 Å². The van der Waals surface area contributed by atoms with E-state index in [2.05, 4.69) is 10.0 Å². The molecule has 1 aliphatic carbocycles. The van der Waals surface area contributed by atoms with E-state index < -0.39 is 5.54 Å². The number of aliphatic hydroxyl groups is 1. The van der Waals surface area contributed by atoms with Crippen LogP contribution in [0.2, 0.25) is 0 Å². The molecule has 4 heteroatoms. The van der Waals surface area contributed by atoms with Gasteiger partial charge in [0, 0.05) is 10.9 Å². The molecule has 11 heavy (non-hydrogen) atoms. The fourth-order valence-corrected chi connectivity index (χ4v) is 1.59. The van der Waals surface area contributed by atoms with Crippen LogP contribution in [-0.4, -0.2) is 17.3 Å². The molecule has 0 bridgehead atoms. The lowest BCUT2D eigenvalue weighted by Crippen LogP contribution is -2.32. The van der Waals surface area contributed by atoms with Crippen molar-refractivity contribution >= 4 is 0 Å². The van der Waals surface area contributed by atoms with Gasteiger partial charge in [0.2, 0.25) is 0 Å². The van der Waals surface area contributed by atoms with Gasteiger partial charge in [-0.1, -0.05) is 24.4 Å². The first-order valence-corrected chi connectivity index (χ1v) is 4.00. The van der Waals surface area contributed by atoms with E-state index in [1.807, 2.05) is 0 Å². The zero-order chi connectivity index (χ0) is 12.2. The summed E-state index contributed by atoms with van der Waals surface area (Å²) in [5.74, 6) is 0. The third kappa shape index (κ3) is 1.85. The van der Waals surface area contributed by atoms with Crippen LogP contribution in [0.4, 0.5) is 0 Å². The molecule has 1 aliphatic rings. The van der Waals surface area contributed by atoms with Gasteiger partial charge < -0.3 is 5.11 Å². The molecule has 0 atom stereocenters. The van der Waals surface area contributed by atoms with Crippen molar-refractivity contribution < 1.29 is 11.0 Å². The molecule has 0 unspecified atom stereocenters. The first-order valence-electron chi connectivity index (χ1n) is 6.00. The van der Waals surface area contributed by atoms with Crippen molar-refractivity contribution in [3.63, 3.8) is 0 Å². The highest BCUT2D eigenvalue weighted by Crippen LogP contribution is 2.31. The summed E-state index contributed by atoms with van der Waals surface area (Å²) in [6, 6.07) is 0. The van der Waals surface area contributed by atoms with Crippen LogP contribution in [0.25, 0.3) is 10.4 Å². The van der Waals surface area contributed by atoms with Gasteiger partial charge >= 0.3 is 0 Å². The minimum Gasteiger partial charge on any atom is -0.396 e. The quantitative estimate of drug-likeness (QED) is 0.379. The third-order valence-corrected chi connectivity index (χ3v) is 2.34. The van der Waals surface area contributed by atoms with Crippen molar-refractivity contribution in [2.45, 2.75) is 37.6 Å². The maximum atomic E-state index is 9.01. The minimum absolute atomic E-state index is 0.00292. The van der Waals surface area contributed by atoms with Gasteiger partial charge in [-0.25, -0.2) is 0 Å². The number of hydrogen-bond acceptors (Lipinski definition) is 2. The fraction of sp³-hybridized carbons (Fsp3) is 1.00. The Kier molecular flexibility index (Phi) is 1.92. The number of azide groups is 1. The van der Waals surface area contributed by atoms with Crippen molar-refractivity contribution in [1.29, 1.82) is 0 Å². The number of rotatable bonds is 2. The van der Waals surface area contributed by atoms with E-state index in [1.54, 1.807) is 0 Å². The molecule has 1 fully saturated rings. The second-order valence-corrected chi connectivity index (χ2v) is 3.13. The molecular weight excluding hydrogens is 142 g/mol. The molecule has 0 saturated heterocycles. The van der Waals surface area contributed by atoms with Crippen LogP contribution in [0, 0.1) is 0 Å². The molecule has 0 amide bonds. The number of aliphatic hydroxyl groups excluding tert-OH is 1. The monoisotopic (exact) mass is 163 g/mol. The summed E-state index contributed by atoms with van der Waals surface area (Å²) in [5.41, 5.74) is 7.80. The maximum absolute atomic E-state index is 9.01. The smallest absolute Gasteiger partial charge is 0.0718 e. The fourth-order valence-electron chi connectivity index (χ4n) is 1.59. The highest BCUT2D eigenvalue weighted by Gasteiger charge is 2.29. The highest BCUT2D eigenvalue weighted by molar-refractivity contribution is 4.90. The summed E-state index contributed by atoms with van der Waals surface area (Å²) >= 11 is 0. The van der Waals surface area contributed by atoms with Gasteiger partial charge in [0.25, 0.3) is 0 Å². The number of hydrogen-bond donors (Lipinski definition) is 1. The Morgan fingerprint density at radius 2 is 2.18 bits per heavy atom.